The van der Waals surface area contributed by atoms with E-state index in [-0.39, 0.29) is 17.6 Å². The van der Waals surface area contributed by atoms with Crippen molar-refractivity contribution in [2.45, 2.75) is 90.1 Å². The van der Waals surface area contributed by atoms with Crippen LogP contribution >= 0.6 is 0 Å². The third-order valence-electron chi connectivity index (χ3n) is 7.18. The van der Waals surface area contributed by atoms with Gasteiger partial charge in [-0.15, -0.1) is 0 Å². The Morgan fingerprint density at radius 3 is 2.00 bits per heavy atom. The van der Waals surface area contributed by atoms with E-state index < -0.39 is 18.3 Å². The van der Waals surface area contributed by atoms with Gasteiger partial charge in [0.1, 0.15) is 11.5 Å². The summed E-state index contributed by atoms with van der Waals surface area (Å²) in [5, 5.41) is 0. The molecule has 3 rings (SSSR count). The number of hydrogen-bond acceptors (Lipinski definition) is 3. The number of rotatable bonds is 9. The van der Waals surface area contributed by atoms with Crippen molar-refractivity contribution in [2.24, 2.45) is 23.7 Å². The lowest BCUT2D eigenvalue weighted by molar-refractivity contribution is -0.253. The first kappa shape index (κ1) is 24.8. The van der Waals surface area contributed by atoms with E-state index in [1.54, 1.807) is 0 Å². The van der Waals surface area contributed by atoms with E-state index in [0.29, 0.717) is 5.92 Å². The molecular weight excluding hydrogens is 424 g/mol. The lowest BCUT2D eigenvalue weighted by atomic mass is 9.68. The van der Waals surface area contributed by atoms with Gasteiger partial charge in [-0.2, -0.15) is 17.6 Å². The van der Waals surface area contributed by atoms with Crippen molar-refractivity contribution in [1.82, 2.24) is 0 Å². The maximum atomic E-state index is 13.0. The Labute approximate surface area is 187 Å². The Kier molecular flexibility index (Phi) is 8.83. The maximum Gasteiger partial charge on any atom is 0.461 e. The fourth-order valence-corrected chi connectivity index (χ4v) is 5.24. The quantitative estimate of drug-likeness (QED) is 0.217. The monoisotopic (exact) mass is 458 g/mol. The molecule has 2 saturated carbocycles. The van der Waals surface area contributed by atoms with Gasteiger partial charge in [-0.1, -0.05) is 39.0 Å². The van der Waals surface area contributed by atoms with Gasteiger partial charge in [0, 0.05) is 0 Å². The molecule has 2 aliphatic rings. The molecule has 32 heavy (non-hydrogen) atoms. The van der Waals surface area contributed by atoms with Crippen molar-refractivity contribution in [3.8, 4) is 11.5 Å². The second kappa shape index (κ2) is 11.4. The van der Waals surface area contributed by atoms with Gasteiger partial charge in [0.15, 0.2) is 0 Å². The van der Waals surface area contributed by atoms with Crippen molar-refractivity contribution in [1.29, 1.82) is 0 Å². The number of benzene rings is 1. The molecule has 0 radical (unpaired) electrons. The zero-order valence-corrected chi connectivity index (χ0v) is 18.7. The zero-order chi connectivity index (χ0) is 23.1. The number of hydrogen-bond donors (Lipinski definition) is 0. The van der Waals surface area contributed by atoms with Crippen LogP contribution in [0.3, 0.4) is 0 Å². The summed E-state index contributed by atoms with van der Waals surface area (Å²) in [6.07, 6.45) is 4.49. The van der Waals surface area contributed by atoms with Gasteiger partial charge in [0.25, 0.3) is 0 Å². The summed E-state index contributed by atoms with van der Waals surface area (Å²) in [4.78, 5) is 12.5. The molecule has 2 fully saturated rings. The molecule has 0 atom stereocenters. The first-order valence-electron chi connectivity index (χ1n) is 11.9. The van der Waals surface area contributed by atoms with Crippen LogP contribution in [0.5, 0.6) is 11.5 Å². The van der Waals surface area contributed by atoms with E-state index in [4.69, 9.17) is 4.74 Å². The van der Waals surface area contributed by atoms with Crippen molar-refractivity contribution in [3.63, 3.8) is 0 Å². The van der Waals surface area contributed by atoms with E-state index in [1.165, 1.54) is 57.1 Å². The highest BCUT2D eigenvalue weighted by Crippen LogP contribution is 2.42. The van der Waals surface area contributed by atoms with Crippen LogP contribution in [0.1, 0.15) is 77.6 Å². The molecule has 0 amide bonds. The number of esters is 1. The van der Waals surface area contributed by atoms with Gasteiger partial charge in [-0.05, 0) is 80.5 Å². The molecule has 3 nitrogen and oxygen atoms in total. The van der Waals surface area contributed by atoms with Gasteiger partial charge in [-0.3, -0.25) is 4.79 Å². The largest absolute Gasteiger partial charge is 0.461 e. The number of carbonyl (C=O) groups is 1. The van der Waals surface area contributed by atoms with Crippen LogP contribution in [0.4, 0.5) is 17.6 Å². The highest BCUT2D eigenvalue weighted by molar-refractivity contribution is 5.75. The summed E-state index contributed by atoms with van der Waals surface area (Å²) in [6.45, 7) is 2.25. The number of halogens is 4. The van der Waals surface area contributed by atoms with Crippen molar-refractivity contribution in [3.05, 3.63) is 24.3 Å². The van der Waals surface area contributed by atoms with E-state index in [0.717, 1.165) is 49.7 Å². The topological polar surface area (TPSA) is 35.5 Å². The molecule has 0 bridgehead atoms. The Morgan fingerprint density at radius 2 is 1.47 bits per heavy atom. The lowest BCUT2D eigenvalue weighted by Crippen LogP contribution is -2.33. The molecule has 0 aromatic heterocycles. The predicted molar refractivity (Wildman–Crippen MR) is 114 cm³/mol. The Bertz CT molecular complexity index is 706. The van der Waals surface area contributed by atoms with Crippen LogP contribution < -0.4 is 9.47 Å². The summed E-state index contributed by atoms with van der Waals surface area (Å²) < 4.78 is 59.8. The molecule has 0 unspecified atom stereocenters. The van der Waals surface area contributed by atoms with Crippen LogP contribution in [0, 0.1) is 23.7 Å². The van der Waals surface area contributed by atoms with Crippen LogP contribution in [-0.4, -0.2) is 18.5 Å². The van der Waals surface area contributed by atoms with Gasteiger partial charge in [0.2, 0.25) is 0 Å². The molecule has 0 aliphatic heterocycles. The molecular formula is C25H34F4O3. The van der Waals surface area contributed by atoms with E-state index >= 15 is 0 Å². The Hall–Kier alpha value is -1.79. The van der Waals surface area contributed by atoms with E-state index in [9.17, 15) is 22.4 Å². The standard InChI is InChI=1S/C25H34F4O3/c1-2-3-4-17-5-7-18(8-6-17)19-9-11-20(12-10-19)23(30)31-21-13-15-22(16-14-21)32-25(28,29)24(26)27/h13-20,24H,2-12H2,1H3/t17-,18-,19-,20-. The summed E-state index contributed by atoms with van der Waals surface area (Å²) >= 11 is 0. The summed E-state index contributed by atoms with van der Waals surface area (Å²) in [6, 6.07) is 4.73. The summed E-state index contributed by atoms with van der Waals surface area (Å²) in [5.41, 5.74) is 0. The maximum absolute atomic E-state index is 13.0. The van der Waals surface area contributed by atoms with Crippen LogP contribution in [0.2, 0.25) is 0 Å². The minimum Gasteiger partial charge on any atom is -0.428 e. The van der Waals surface area contributed by atoms with Crippen LogP contribution in [0.25, 0.3) is 0 Å². The summed E-state index contributed by atoms with van der Waals surface area (Å²) in [5.74, 6) is 1.67. The minimum atomic E-state index is -4.56. The average molecular weight is 459 g/mol. The molecule has 2 aliphatic carbocycles. The molecule has 0 heterocycles. The normalized spacial score (nSPS) is 26.7. The van der Waals surface area contributed by atoms with Crippen molar-refractivity contribution < 1.29 is 31.8 Å². The Morgan fingerprint density at radius 1 is 0.938 bits per heavy atom. The smallest absolute Gasteiger partial charge is 0.428 e. The van der Waals surface area contributed by atoms with Crippen LogP contribution in [0.15, 0.2) is 24.3 Å². The molecule has 0 saturated heterocycles. The van der Waals surface area contributed by atoms with Crippen LogP contribution in [-0.2, 0) is 4.79 Å². The van der Waals surface area contributed by atoms with E-state index in [2.05, 4.69) is 11.7 Å². The number of unbranched alkanes of at least 4 members (excludes halogenated alkanes) is 1. The molecule has 7 heteroatoms. The van der Waals surface area contributed by atoms with E-state index in [1.807, 2.05) is 0 Å². The first-order valence-corrected chi connectivity index (χ1v) is 11.9. The predicted octanol–water partition coefficient (Wildman–Crippen LogP) is 7.63. The fourth-order valence-electron chi connectivity index (χ4n) is 5.24. The number of ether oxygens (including phenoxy) is 2. The second-order valence-corrected chi connectivity index (χ2v) is 9.39. The highest BCUT2D eigenvalue weighted by Gasteiger charge is 2.44. The molecule has 0 N–H and O–H groups in total. The number of carbonyl (C=O) groups excluding carboxylic acids is 1. The first-order chi connectivity index (χ1) is 15.3. The van der Waals surface area contributed by atoms with Gasteiger partial charge < -0.3 is 9.47 Å². The third kappa shape index (κ3) is 6.85. The lowest BCUT2D eigenvalue weighted by Gasteiger charge is -2.37. The van der Waals surface area contributed by atoms with Gasteiger partial charge in [0.05, 0.1) is 5.92 Å². The fraction of sp³-hybridized carbons (Fsp3) is 0.720. The zero-order valence-electron chi connectivity index (χ0n) is 18.7. The third-order valence-corrected chi connectivity index (χ3v) is 7.18. The molecule has 180 valence electrons. The SMILES string of the molecule is CCCC[C@H]1CC[C@H]([C@H]2CC[C@H](C(=O)Oc3ccc(OC(F)(F)C(F)F)cc3)CC2)CC1. The van der Waals surface area contributed by atoms with Crippen molar-refractivity contribution in [2.75, 3.05) is 0 Å². The van der Waals surface area contributed by atoms with Gasteiger partial charge in [-0.25, -0.2) is 0 Å². The molecule has 1 aromatic carbocycles. The average Bonchev–Trinajstić information content (AvgIpc) is 2.79. The number of alkyl halides is 4. The summed E-state index contributed by atoms with van der Waals surface area (Å²) in [7, 11) is 0. The highest BCUT2D eigenvalue weighted by atomic mass is 19.3. The second-order valence-electron chi connectivity index (χ2n) is 9.39. The van der Waals surface area contributed by atoms with Crippen molar-refractivity contribution >= 4 is 5.97 Å². The Balaban J connectivity index is 1.41. The minimum absolute atomic E-state index is 0.161. The van der Waals surface area contributed by atoms with Gasteiger partial charge >= 0.3 is 18.5 Å². The molecule has 0 spiro atoms. The molecule has 1 aromatic rings.